The molecular formula is C11H20N4O3. The lowest BCUT2D eigenvalue weighted by atomic mass is 10.3. The van der Waals surface area contributed by atoms with Gasteiger partial charge in [0.05, 0.1) is 5.69 Å². The summed E-state index contributed by atoms with van der Waals surface area (Å²) >= 11 is 0. The second-order valence-electron chi connectivity index (χ2n) is 3.98. The van der Waals surface area contributed by atoms with E-state index < -0.39 is 6.04 Å². The Morgan fingerprint density at radius 2 is 2.44 bits per heavy atom. The van der Waals surface area contributed by atoms with Gasteiger partial charge < -0.3 is 15.2 Å². The average Bonchev–Trinajstić information content (AvgIpc) is 2.82. The molecule has 0 fully saturated rings. The highest BCUT2D eigenvalue weighted by Crippen LogP contribution is 2.05. The predicted octanol–water partition coefficient (Wildman–Crippen LogP) is -0.473. The van der Waals surface area contributed by atoms with Crippen LogP contribution in [0.2, 0.25) is 0 Å². The molecule has 0 bridgehead atoms. The minimum atomic E-state index is -0.410. The van der Waals surface area contributed by atoms with Crippen LogP contribution in [0.4, 0.5) is 0 Å². The Labute approximate surface area is 106 Å². The summed E-state index contributed by atoms with van der Waals surface area (Å²) in [5.41, 5.74) is 0.677. The van der Waals surface area contributed by atoms with E-state index in [1.54, 1.807) is 20.2 Å². The Balaban J connectivity index is 2.41. The summed E-state index contributed by atoms with van der Waals surface area (Å²) in [6, 6.07) is -0.410. The molecule has 1 amide bonds. The molecule has 0 saturated carbocycles. The average molecular weight is 256 g/mol. The third kappa shape index (κ3) is 4.42. The third-order valence-electron chi connectivity index (χ3n) is 2.53. The second-order valence-corrected chi connectivity index (χ2v) is 3.98. The quantitative estimate of drug-likeness (QED) is 0.614. The Bertz CT molecular complexity index is 367. The molecule has 0 spiro atoms. The largest absolute Gasteiger partial charge is 0.396 e. The molecule has 1 aromatic rings. The van der Waals surface area contributed by atoms with Gasteiger partial charge in [0, 0.05) is 39.5 Å². The van der Waals surface area contributed by atoms with E-state index in [2.05, 4.69) is 15.6 Å². The zero-order chi connectivity index (χ0) is 13.4. The van der Waals surface area contributed by atoms with E-state index in [4.69, 9.17) is 9.84 Å². The molecule has 0 aliphatic carbocycles. The Morgan fingerprint density at radius 1 is 1.67 bits per heavy atom. The SMILES string of the molecule is COCCCNC(=O)C(C)n1cc(CCO)nn1. The highest BCUT2D eigenvalue weighted by Gasteiger charge is 2.15. The van der Waals surface area contributed by atoms with Crippen LogP contribution in [-0.2, 0) is 16.0 Å². The fourth-order valence-electron chi connectivity index (χ4n) is 1.43. The number of ether oxygens (including phenoxy) is 1. The van der Waals surface area contributed by atoms with Gasteiger partial charge in [0.25, 0.3) is 0 Å². The zero-order valence-electron chi connectivity index (χ0n) is 10.8. The van der Waals surface area contributed by atoms with Gasteiger partial charge in [-0.2, -0.15) is 0 Å². The monoisotopic (exact) mass is 256 g/mol. The van der Waals surface area contributed by atoms with Gasteiger partial charge in [-0.05, 0) is 13.3 Å². The van der Waals surface area contributed by atoms with Crippen molar-refractivity contribution in [2.24, 2.45) is 0 Å². The molecule has 7 nitrogen and oxygen atoms in total. The third-order valence-corrected chi connectivity index (χ3v) is 2.53. The Morgan fingerprint density at radius 3 is 3.11 bits per heavy atom. The van der Waals surface area contributed by atoms with Crippen LogP contribution in [0.5, 0.6) is 0 Å². The predicted molar refractivity (Wildman–Crippen MR) is 65.0 cm³/mol. The number of nitrogens with zero attached hydrogens (tertiary/aromatic N) is 3. The van der Waals surface area contributed by atoms with E-state index in [9.17, 15) is 4.79 Å². The van der Waals surface area contributed by atoms with Crippen molar-refractivity contribution in [1.82, 2.24) is 20.3 Å². The standard InChI is InChI=1S/C11H20N4O3/c1-9(11(17)12-5-3-7-18-2)15-8-10(4-6-16)13-14-15/h8-9,16H,3-7H2,1-2H3,(H,12,17). The summed E-state index contributed by atoms with van der Waals surface area (Å²) in [4.78, 5) is 11.8. The first-order valence-corrected chi connectivity index (χ1v) is 5.97. The maximum atomic E-state index is 11.8. The minimum absolute atomic E-state index is 0.0241. The molecular weight excluding hydrogens is 236 g/mol. The highest BCUT2D eigenvalue weighted by atomic mass is 16.5. The summed E-state index contributed by atoms with van der Waals surface area (Å²) in [7, 11) is 1.63. The molecule has 1 aromatic heterocycles. The number of amides is 1. The molecule has 0 aliphatic heterocycles. The lowest BCUT2D eigenvalue weighted by molar-refractivity contribution is -0.124. The lowest BCUT2D eigenvalue weighted by Crippen LogP contribution is -2.32. The van der Waals surface area contributed by atoms with E-state index in [-0.39, 0.29) is 12.5 Å². The van der Waals surface area contributed by atoms with Crippen LogP contribution >= 0.6 is 0 Å². The van der Waals surface area contributed by atoms with Crippen molar-refractivity contribution in [2.75, 3.05) is 26.9 Å². The van der Waals surface area contributed by atoms with Crippen LogP contribution in [0.3, 0.4) is 0 Å². The number of carbonyl (C=O) groups is 1. The van der Waals surface area contributed by atoms with Crippen molar-refractivity contribution in [3.63, 3.8) is 0 Å². The summed E-state index contributed by atoms with van der Waals surface area (Å²) in [5.74, 6) is -0.105. The maximum absolute atomic E-state index is 11.8. The van der Waals surface area contributed by atoms with Crippen molar-refractivity contribution in [1.29, 1.82) is 0 Å². The maximum Gasteiger partial charge on any atom is 0.244 e. The molecule has 18 heavy (non-hydrogen) atoms. The second kappa shape index (κ2) is 7.78. The van der Waals surface area contributed by atoms with Gasteiger partial charge in [0.15, 0.2) is 0 Å². The molecule has 1 atom stereocenters. The van der Waals surface area contributed by atoms with E-state index >= 15 is 0 Å². The number of aliphatic hydroxyl groups excluding tert-OH is 1. The fraction of sp³-hybridized carbons (Fsp3) is 0.727. The minimum Gasteiger partial charge on any atom is -0.396 e. The molecule has 1 unspecified atom stereocenters. The molecule has 7 heteroatoms. The van der Waals surface area contributed by atoms with Gasteiger partial charge in [-0.15, -0.1) is 5.10 Å². The summed E-state index contributed by atoms with van der Waals surface area (Å²) in [5, 5.41) is 19.3. The number of hydrogen-bond acceptors (Lipinski definition) is 5. The fourth-order valence-corrected chi connectivity index (χ4v) is 1.43. The number of carbonyl (C=O) groups excluding carboxylic acids is 1. The topological polar surface area (TPSA) is 89.3 Å². The number of rotatable bonds is 8. The first-order chi connectivity index (χ1) is 8.69. The molecule has 102 valence electrons. The number of nitrogens with one attached hydrogen (secondary N) is 1. The van der Waals surface area contributed by atoms with Crippen LogP contribution in [0.15, 0.2) is 6.20 Å². The number of methoxy groups -OCH3 is 1. The molecule has 0 radical (unpaired) electrons. The van der Waals surface area contributed by atoms with Crippen LogP contribution in [-0.4, -0.2) is 52.9 Å². The van der Waals surface area contributed by atoms with Gasteiger partial charge in [-0.25, -0.2) is 4.68 Å². The van der Waals surface area contributed by atoms with Crippen molar-refractivity contribution < 1.29 is 14.6 Å². The van der Waals surface area contributed by atoms with Gasteiger partial charge in [0.2, 0.25) is 5.91 Å². The van der Waals surface area contributed by atoms with Gasteiger partial charge in [-0.3, -0.25) is 4.79 Å². The normalized spacial score (nSPS) is 12.4. The van der Waals surface area contributed by atoms with Crippen molar-refractivity contribution >= 4 is 5.91 Å². The smallest absolute Gasteiger partial charge is 0.244 e. The van der Waals surface area contributed by atoms with Crippen LogP contribution < -0.4 is 5.32 Å². The highest BCUT2D eigenvalue weighted by molar-refractivity contribution is 5.79. The Hall–Kier alpha value is -1.47. The van der Waals surface area contributed by atoms with E-state index in [1.165, 1.54) is 4.68 Å². The molecule has 2 N–H and O–H groups in total. The van der Waals surface area contributed by atoms with Crippen LogP contribution in [0.25, 0.3) is 0 Å². The number of aromatic nitrogens is 3. The van der Waals surface area contributed by atoms with Crippen molar-refractivity contribution in [3.05, 3.63) is 11.9 Å². The zero-order valence-corrected chi connectivity index (χ0v) is 10.8. The first-order valence-electron chi connectivity index (χ1n) is 5.97. The van der Waals surface area contributed by atoms with E-state index in [1.807, 2.05) is 0 Å². The van der Waals surface area contributed by atoms with Crippen molar-refractivity contribution in [3.8, 4) is 0 Å². The molecule has 0 saturated heterocycles. The summed E-state index contributed by atoms with van der Waals surface area (Å²) in [6.45, 7) is 2.98. The van der Waals surface area contributed by atoms with Crippen molar-refractivity contribution in [2.45, 2.75) is 25.8 Å². The van der Waals surface area contributed by atoms with Gasteiger partial charge >= 0.3 is 0 Å². The number of hydrogen-bond donors (Lipinski definition) is 2. The van der Waals surface area contributed by atoms with E-state index in [0.717, 1.165) is 6.42 Å². The molecule has 0 aromatic carbocycles. The Kier molecular flexibility index (Phi) is 6.31. The summed E-state index contributed by atoms with van der Waals surface area (Å²) < 4.78 is 6.39. The molecule has 0 aliphatic rings. The van der Waals surface area contributed by atoms with E-state index in [0.29, 0.717) is 25.3 Å². The van der Waals surface area contributed by atoms with Crippen LogP contribution in [0.1, 0.15) is 25.1 Å². The molecule has 1 heterocycles. The first kappa shape index (κ1) is 14.6. The number of aliphatic hydroxyl groups is 1. The van der Waals surface area contributed by atoms with Gasteiger partial charge in [0.1, 0.15) is 6.04 Å². The summed E-state index contributed by atoms with van der Waals surface area (Å²) in [6.07, 6.45) is 2.90. The van der Waals surface area contributed by atoms with Crippen LogP contribution in [0, 0.1) is 0 Å². The lowest BCUT2D eigenvalue weighted by Gasteiger charge is -2.11. The molecule has 1 rings (SSSR count). The van der Waals surface area contributed by atoms with Gasteiger partial charge in [-0.1, -0.05) is 5.21 Å².